The van der Waals surface area contributed by atoms with E-state index < -0.39 is 5.97 Å². The lowest BCUT2D eigenvalue weighted by molar-refractivity contribution is -0.141. The van der Waals surface area contributed by atoms with Gasteiger partial charge in [-0.15, -0.1) is 0 Å². The van der Waals surface area contributed by atoms with Crippen LogP contribution in [0.15, 0.2) is 117 Å². The predicted octanol–water partition coefficient (Wildman–Crippen LogP) is 8.22. The molecule has 0 aliphatic carbocycles. The Morgan fingerprint density at radius 1 is 0.721 bits per heavy atom. The summed E-state index contributed by atoms with van der Waals surface area (Å²) >= 11 is 7.13. The summed E-state index contributed by atoms with van der Waals surface area (Å²) in [7, 11) is 2.40. The van der Waals surface area contributed by atoms with Crippen molar-refractivity contribution in [3.8, 4) is 11.4 Å². The number of aliphatic hydroxyl groups is 1. The summed E-state index contributed by atoms with van der Waals surface area (Å²) in [5.74, 6) is 0.469. The number of halogens is 2. The maximum Gasteiger partial charge on any atom is 0.305 e. The van der Waals surface area contributed by atoms with E-state index in [2.05, 4.69) is 73.1 Å². The molecule has 15 nitrogen and oxygen atoms in total. The second kappa shape index (κ2) is 22.4. The molecule has 0 fully saturated rings. The van der Waals surface area contributed by atoms with Gasteiger partial charge < -0.3 is 20.1 Å². The van der Waals surface area contributed by atoms with Gasteiger partial charge in [0.05, 0.1) is 41.3 Å². The Balaban J connectivity index is 0.000000240. The van der Waals surface area contributed by atoms with Crippen molar-refractivity contribution in [1.29, 1.82) is 0 Å². The van der Waals surface area contributed by atoms with Crippen molar-refractivity contribution < 1.29 is 34.4 Å². The van der Waals surface area contributed by atoms with Crippen LogP contribution in [0.4, 0.5) is 0 Å². The van der Waals surface area contributed by atoms with Crippen molar-refractivity contribution in [2.24, 2.45) is 9.98 Å². The van der Waals surface area contributed by atoms with Crippen LogP contribution in [-0.4, -0.2) is 88.4 Å². The minimum atomic E-state index is -0.844. The molecule has 0 unspecified atom stereocenters. The zero-order chi connectivity index (χ0) is 43.3. The molecule has 2 atom stereocenters. The zero-order valence-corrected chi connectivity index (χ0v) is 36.3. The van der Waals surface area contributed by atoms with Gasteiger partial charge in [0.2, 0.25) is 0 Å². The monoisotopic (exact) mass is 956 g/mol. The van der Waals surface area contributed by atoms with Gasteiger partial charge in [0, 0.05) is 76.2 Å². The highest BCUT2D eigenvalue weighted by Crippen LogP contribution is 2.36. The number of aliphatic hydroxyl groups excluding tert-OH is 1. The number of nitrogens with zero attached hydrogens (tertiary/aromatic N) is 8. The highest BCUT2D eigenvalue weighted by atomic mass is 79.9. The number of imidazole rings is 2. The smallest absolute Gasteiger partial charge is 0.305 e. The lowest BCUT2D eigenvalue weighted by Crippen LogP contribution is -2.09. The highest BCUT2D eigenvalue weighted by Gasteiger charge is 2.30. The quantitative estimate of drug-likeness (QED) is 0.0978. The average molecular weight is 959 g/mol. The number of carboxylic acid groups (broad SMARTS) is 2. The number of methoxy groups -OCH3 is 1. The lowest BCUT2D eigenvalue weighted by atomic mass is 10.0. The summed E-state index contributed by atoms with van der Waals surface area (Å²) in [5, 5.41) is 23.1. The molecule has 6 heterocycles. The Kier molecular flexibility index (Phi) is 17.5. The van der Waals surface area contributed by atoms with Gasteiger partial charge in [-0.1, -0.05) is 51.4 Å². The van der Waals surface area contributed by atoms with Crippen LogP contribution < -0.4 is 0 Å². The fourth-order valence-corrected chi connectivity index (χ4v) is 7.50. The first-order valence-corrected chi connectivity index (χ1v) is 20.1. The summed E-state index contributed by atoms with van der Waals surface area (Å²) in [6.45, 7) is 3.76. The van der Waals surface area contributed by atoms with Gasteiger partial charge in [-0.05, 0) is 87.4 Å². The standard InChI is InChI=1S/C21H19BrN4O2.C20H17BrN4O2.CH2O2.CH4O.CH4/c1-13-12-24-21-17(7-9-19(27)28-2)25-20(16-5-3-4-10-23-16)15-11-14(22)6-8-18(15)26(13)21;1-12-11-23-20-16(6-8-18(26)27)24-19(15-4-2-3-9-22-15)14-10-13(21)5-7-17(14)25(12)20;2-1-3;1-2;/h3-6,8,10-12,17H,7,9H2,1-2H3;2-5,7,9-11,16H,6,8H2,1H3,(H,26,27);1H,(H,2,3);2H,1H3;1H4/t17-;16-;;;/m00.../s1. The van der Waals surface area contributed by atoms with Gasteiger partial charge in [0.25, 0.3) is 6.47 Å². The van der Waals surface area contributed by atoms with Gasteiger partial charge in [0.1, 0.15) is 23.7 Å². The molecule has 4 aromatic heterocycles. The van der Waals surface area contributed by atoms with Crippen molar-refractivity contribution in [2.45, 2.75) is 59.0 Å². The van der Waals surface area contributed by atoms with Crippen molar-refractivity contribution in [3.63, 3.8) is 0 Å². The summed E-state index contributed by atoms with van der Waals surface area (Å²) in [5.41, 5.74) is 8.92. The third-order valence-corrected chi connectivity index (χ3v) is 10.3. The summed E-state index contributed by atoms with van der Waals surface area (Å²) in [6.07, 6.45) is 8.31. The highest BCUT2D eigenvalue weighted by molar-refractivity contribution is 9.10. The number of aliphatic imine (C=N–C) groups is 2. The number of aromatic nitrogens is 6. The first-order chi connectivity index (χ1) is 29.0. The lowest BCUT2D eigenvalue weighted by Gasteiger charge is -2.14. The maximum absolute atomic E-state index is 11.8. The van der Waals surface area contributed by atoms with Crippen LogP contribution in [0.3, 0.4) is 0 Å². The molecule has 17 heteroatoms. The number of carbonyl (C=O) groups is 3. The van der Waals surface area contributed by atoms with Gasteiger partial charge in [-0.2, -0.15) is 0 Å². The zero-order valence-electron chi connectivity index (χ0n) is 33.1. The molecule has 0 spiro atoms. The van der Waals surface area contributed by atoms with E-state index in [1.54, 1.807) is 18.6 Å². The fourth-order valence-electron chi connectivity index (χ4n) is 6.78. The largest absolute Gasteiger partial charge is 0.483 e. The first kappa shape index (κ1) is 47.5. The normalized spacial score (nSPS) is 14.1. The molecule has 0 amide bonds. The number of carbonyl (C=O) groups excluding carboxylic acids is 1. The van der Waals surface area contributed by atoms with Crippen LogP contribution in [0.2, 0.25) is 0 Å². The van der Waals surface area contributed by atoms with Crippen LogP contribution in [0.25, 0.3) is 11.4 Å². The maximum atomic E-state index is 11.8. The molecule has 2 aliphatic rings. The van der Waals surface area contributed by atoms with Gasteiger partial charge in [-0.25, -0.2) is 9.97 Å². The molecule has 61 heavy (non-hydrogen) atoms. The number of hydrogen-bond donors (Lipinski definition) is 3. The van der Waals surface area contributed by atoms with Crippen LogP contribution >= 0.6 is 31.9 Å². The first-order valence-electron chi connectivity index (χ1n) is 18.5. The van der Waals surface area contributed by atoms with Crippen molar-refractivity contribution in [3.05, 3.63) is 152 Å². The Bertz CT molecular complexity index is 2510. The molecule has 0 saturated heterocycles. The number of aryl methyl sites for hydroxylation is 2. The van der Waals surface area contributed by atoms with Crippen LogP contribution in [-0.2, 0) is 19.1 Å². The average Bonchev–Trinajstić information content (AvgIpc) is 3.75. The molecular weight excluding hydrogens is 912 g/mol. The Labute approximate surface area is 370 Å². The molecule has 2 aromatic carbocycles. The summed E-state index contributed by atoms with van der Waals surface area (Å²) in [4.78, 5) is 59.4. The van der Waals surface area contributed by atoms with Crippen LogP contribution in [0.5, 0.6) is 0 Å². The van der Waals surface area contributed by atoms with Crippen LogP contribution in [0.1, 0.15) is 90.7 Å². The number of esters is 1. The number of hydrogen-bond acceptors (Lipinski definition) is 11. The van der Waals surface area contributed by atoms with E-state index in [9.17, 15) is 9.59 Å². The molecule has 2 aliphatic heterocycles. The third-order valence-electron chi connectivity index (χ3n) is 9.30. The SMILES string of the molecule is C.CO.COC(=O)CC[C@@H]1N=C(c2ccccn2)c2cc(Br)ccc2-n2c(C)cnc21.Cc1cnc2n1-c1ccc(Br)cc1C(c1ccccn1)=N[C@H]2CCC(=O)O.O=CO. The number of pyridine rings is 2. The van der Waals surface area contributed by atoms with Gasteiger partial charge >= 0.3 is 11.9 Å². The molecule has 0 saturated carbocycles. The predicted molar refractivity (Wildman–Crippen MR) is 239 cm³/mol. The summed E-state index contributed by atoms with van der Waals surface area (Å²) < 4.78 is 10.9. The minimum absolute atomic E-state index is 0. The topological polar surface area (TPSA) is 207 Å². The Morgan fingerprint density at radius 3 is 1.52 bits per heavy atom. The second-order valence-corrected chi connectivity index (χ2v) is 14.9. The number of aliphatic carboxylic acids is 1. The molecule has 0 bridgehead atoms. The van der Waals surface area contributed by atoms with E-state index in [1.807, 2.05) is 80.7 Å². The molecule has 3 N–H and O–H groups in total. The summed E-state index contributed by atoms with van der Waals surface area (Å²) in [6, 6.07) is 23.0. The van der Waals surface area contributed by atoms with Gasteiger partial charge in [-0.3, -0.25) is 43.5 Å². The third kappa shape index (κ3) is 11.2. The van der Waals surface area contributed by atoms with Crippen molar-refractivity contribution in [1.82, 2.24) is 29.1 Å². The van der Waals surface area contributed by atoms with Crippen LogP contribution in [0, 0.1) is 13.8 Å². The van der Waals surface area contributed by atoms with E-state index in [-0.39, 0.29) is 44.8 Å². The number of benzene rings is 2. The molecule has 0 radical (unpaired) electrons. The van der Waals surface area contributed by atoms with E-state index >= 15 is 0 Å². The van der Waals surface area contributed by atoms with Crippen molar-refractivity contribution >= 4 is 61.7 Å². The number of rotatable bonds is 8. The molecule has 8 rings (SSSR count). The number of ether oxygens (including phenoxy) is 1. The Morgan fingerprint density at radius 2 is 1.15 bits per heavy atom. The minimum Gasteiger partial charge on any atom is -0.483 e. The number of fused-ring (bicyclic) bond motifs is 6. The molecular formula is C44H46Br2N8O7. The molecule has 6 aromatic rings. The second-order valence-electron chi connectivity index (χ2n) is 13.1. The van der Waals surface area contributed by atoms with E-state index in [0.717, 1.165) is 84.4 Å². The van der Waals surface area contributed by atoms with E-state index in [1.165, 1.54) is 7.11 Å². The van der Waals surface area contributed by atoms with Gasteiger partial charge in [0.15, 0.2) is 0 Å². The number of carboxylic acids is 1. The van der Waals surface area contributed by atoms with E-state index in [0.29, 0.717) is 12.8 Å². The molecule has 318 valence electrons. The van der Waals surface area contributed by atoms with E-state index in [4.69, 9.17) is 34.8 Å². The fraction of sp³-hybridized carbons (Fsp3) is 0.250. The Hall–Kier alpha value is -6.17. The van der Waals surface area contributed by atoms with Crippen molar-refractivity contribution in [2.75, 3.05) is 14.2 Å².